The van der Waals surface area contributed by atoms with Crippen molar-refractivity contribution in [3.05, 3.63) is 99.2 Å². The summed E-state index contributed by atoms with van der Waals surface area (Å²) in [6.45, 7) is 2.19. The molecule has 0 bridgehead atoms. The SMILES string of the molecule is O=C(NCc1ccnc(Cl)c1)n1c2c(c3ccc(Cl)cc31)CN(C/C=C/c1ccc(C(F)(F)F)cn1)CC2. The van der Waals surface area contributed by atoms with Gasteiger partial charge in [0.25, 0.3) is 0 Å². The summed E-state index contributed by atoms with van der Waals surface area (Å²) in [7, 11) is 0. The van der Waals surface area contributed by atoms with Crippen molar-refractivity contribution in [2.45, 2.75) is 25.7 Å². The Balaban J connectivity index is 1.33. The molecule has 1 N–H and O–H groups in total. The number of pyridine rings is 2. The second-order valence-electron chi connectivity index (χ2n) is 8.92. The Morgan fingerprint density at radius 1 is 1.11 bits per heavy atom. The Labute approximate surface area is 226 Å². The number of carbonyl (C=O) groups is 1. The second kappa shape index (κ2) is 10.8. The topological polar surface area (TPSA) is 63.1 Å². The van der Waals surface area contributed by atoms with Crippen LogP contribution in [0.2, 0.25) is 10.2 Å². The number of rotatable bonds is 5. The average molecular weight is 560 g/mol. The number of amides is 1. The van der Waals surface area contributed by atoms with Crippen molar-refractivity contribution >= 4 is 46.2 Å². The van der Waals surface area contributed by atoms with Gasteiger partial charge in [-0.15, -0.1) is 0 Å². The van der Waals surface area contributed by atoms with E-state index in [0.29, 0.717) is 48.5 Å². The molecule has 0 aliphatic carbocycles. The Morgan fingerprint density at radius 2 is 1.95 bits per heavy atom. The van der Waals surface area contributed by atoms with Gasteiger partial charge < -0.3 is 5.32 Å². The zero-order valence-corrected chi connectivity index (χ0v) is 21.5. The van der Waals surface area contributed by atoms with Crippen LogP contribution in [0.15, 0.2) is 60.9 Å². The molecule has 38 heavy (non-hydrogen) atoms. The fraction of sp³-hybridized carbons (Fsp3) is 0.222. The van der Waals surface area contributed by atoms with Crippen molar-refractivity contribution < 1.29 is 18.0 Å². The zero-order valence-electron chi connectivity index (χ0n) is 20.0. The fourth-order valence-corrected chi connectivity index (χ4v) is 4.94. The van der Waals surface area contributed by atoms with Crippen molar-refractivity contribution in [3.63, 3.8) is 0 Å². The minimum atomic E-state index is -4.41. The van der Waals surface area contributed by atoms with Gasteiger partial charge >= 0.3 is 12.2 Å². The molecular weight excluding hydrogens is 538 g/mol. The van der Waals surface area contributed by atoms with Gasteiger partial charge in [-0.1, -0.05) is 35.3 Å². The number of alkyl halides is 3. The first kappa shape index (κ1) is 26.2. The van der Waals surface area contributed by atoms with Crippen LogP contribution >= 0.6 is 23.2 Å². The van der Waals surface area contributed by atoms with Crippen molar-refractivity contribution in [2.75, 3.05) is 13.1 Å². The number of carbonyl (C=O) groups excluding carboxylic acids is 1. The van der Waals surface area contributed by atoms with Crippen molar-refractivity contribution in [3.8, 4) is 0 Å². The summed E-state index contributed by atoms with van der Waals surface area (Å²) in [5, 5.41) is 4.80. The third-order valence-electron chi connectivity index (χ3n) is 6.39. The first-order chi connectivity index (χ1) is 18.2. The lowest BCUT2D eigenvalue weighted by atomic mass is 10.0. The molecule has 1 amide bonds. The third-order valence-corrected chi connectivity index (χ3v) is 6.84. The minimum absolute atomic E-state index is 0.256. The number of nitrogens with zero attached hydrogens (tertiary/aromatic N) is 4. The second-order valence-corrected chi connectivity index (χ2v) is 9.75. The van der Waals surface area contributed by atoms with E-state index in [0.717, 1.165) is 40.0 Å². The van der Waals surface area contributed by atoms with Crippen LogP contribution in [0.25, 0.3) is 17.0 Å². The molecule has 0 saturated heterocycles. The predicted octanol–water partition coefficient (Wildman–Crippen LogP) is 6.59. The van der Waals surface area contributed by atoms with E-state index in [1.807, 2.05) is 12.1 Å². The van der Waals surface area contributed by atoms with Gasteiger partial charge in [-0.05, 0) is 53.6 Å². The molecule has 4 heterocycles. The highest BCUT2D eigenvalue weighted by Gasteiger charge is 2.30. The van der Waals surface area contributed by atoms with Gasteiger partial charge in [-0.3, -0.25) is 14.5 Å². The Morgan fingerprint density at radius 3 is 2.68 bits per heavy atom. The van der Waals surface area contributed by atoms with Gasteiger partial charge in [0.15, 0.2) is 0 Å². The van der Waals surface area contributed by atoms with Crippen LogP contribution in [0, 0.1) is 0 Å². The Hall–Kier alpha value is -3.40. The van der Waals surface area contributed by atoms with Crippen molar-refractivity contribution in [1.82, 2.24) is 24.8 Å². The lowest BCUT2D eigenvalue weighted by molar-refractivity contribution is -0.137. The Bertz CT molecular complexity index is 1520. The van der Waals surface area contributed by atoms with Crippen molar-refractivity contribution in [1.29, 1.82) is 0 Å². The van der Waals surface area contributed by atoms with E-state index in [-0.39, 0.29) is 6.03 Å². The number of hydrogen-bond acceptors (Lipinski definition) is 4. The van der Waals surface area contributed by atoms with Gasteiger partial charge in [0.1, 0.15) is 5.15 Å². The van der Waals surface area contributed by atoms with Crippen LogP contribution in [0.1, 0.15) is 28.1 Å². The number of aromatic nitrogens is 3. The summed E-state index contributed by atoms with van der Waals surface area (Å²) in [6, 6.07) is 11.1. The molecule has 3 aromatic heterocycles. The molecule has 11 heteroatoms. The predicted molar refractivity (Wildman–Crippen MR) is 141 cm³/mol. The van der Waals surface area contributed by atoms with Gasteiger partial charge in [-0.25, -0.2) is 9.78 Å². The molecule has 0 spiro atoms. The molecule has 0 fully saturated rings. The summed E-state index contributed by atoms with van der Waals surface area (Å²) in [5.74, 6) is 0. The highest BCUT2D eigenvalue weighted by Crippen LogP contribution is 2.33. The maximum atomic E-state index is 13.3. The summed E-state index contributed by atoms with van der Waals surface area (Å²) in [6.07, 6.45) is 2.24. The van der Waals surface area contributed by atoms with E-state index in [1.165, 1.54) is 6.07 Å². The summed E-state index contributed by atoms with van der Waals surface area (Å²) >= 11 is 12.2. The lowest BCUT2D eigenvalue weighted by Crippen LogP contribution is -2.34. The van der Waals surface area contributed by atoms with Crippen LogP contribution < -0.4 is 5.32 Å². The number of halogens is 5. The van der Waals surface area contributed by atoms with Crippen LogP contribution in [-0.2, 0) is 25.7 Å². The molecule has 1 aromatic carbocycles. The largest absolute Gasteiger partial charge is 0.417 e. The fourth-order valence-electron chi connectivity index (χ4n) is 4.58. The molecule has 0 radical (unpaired) electrons. The number of hydrogen-bond donors (Lipinski definition) is 1. The normalized spacial score (nSPS) is 14.2. The van der Waals surface area contributed by atoms with Gasteiger partial charge in [0.05, 0.1) is 16.8 Å². The minimum Gasteiger partial charge on any atom is -0.333 e. The standard InChI is InChI=1S/C27H22Cl2F3N5O/c28-19-4-6-21-22-16-36(10-1-2-20-5-3-18(15-34-20)27(30,31)32)11-8-23(22)37(24(21)13-19)26(38)35-14-17-7-9-33-25(29)12-17/h1-7,9,12-13,15H,8,10-11,14,16H2,(H,35,38)/b2-1+. The van der Waals surface area contributed by atoms with E-state index in [2.05, 4.69) is 20.2 Å². The highest BCUT2D eigenvalue weighted by atomic mass is 35.5. The quantitative estimate of drug-likeness (QED) is 0.280. The van der Waals surface area contributed by atoms with E-state index in [1.54, 1.807) is 41.1 Å². The first-order valence-corrected chi connectivity index (χ1v) is 12.6. The third kappa shape index (κ3) is 5.70. The first-order valence-electron chi connectivity index (χ1n) is 11.8. The van der Waals surface area contributed by atoms with Gasteiger partial charge in [0.2, 0.25) is 0 Å². The van der Waals surface area contributed by atoms with Crippen LogP contribution in [0.4, 0.5) is 18.0 Å². The molecular formula is C27H22Cl2F3N5O. The number of nitrogens with one attached hydrogen (secondary N) is 1. The van der Waals surface area contributed by atoms with Gasteiger partial charge in [-0.2, -0.15) is 13.2 Å². The van der Waals surface area contributed by atoms with E-state index in [4.69, 9.17) is 23.2 Å². The van der Waals surface area contributed by atoms with E-state index in [9.17, 15) is 18.0 Å². The molecule has 1 aliphatic heterocycles. The highest BCUT2D eigenvalue weighted by molar-refractivity contribution is 6.31. The summed E-state index contributed by atoms with van der Waals surface area (Å²) in [5.41, 5.74) is 3.22. The van der Waals surface area contributed by atoms with Crippen molar-refractivity contribution in [2.24, 2.45) is 0 Å². The van der Waals surface area contributed by atoms with Crippen LogP contribution in [0.3, 0.4) is 0 Å². The molecule has 1 aliphatic rings. The van der Waals surface area contributed by atoms with Gasteiger partial charge in [0, 0.05) is 61.1 Å². The smallest absolute Gasteiger partial charge is 0.333 e. The summed E-state index contributed by atoms with van der Waals surface area (Å²) in [4.78, 5) is 23.4. The maximum absolute atomic E-state index is 13.3. The summed E-state index contributed by atoms with van der Waals surface area (Å²) < 4.78 is 39.9. The van der Waals surface area contributed by atoms with E-state index < -0.39 is 11.7 Å². The molecule has 196 valence electrons. The molecule has 5 rings (SSSR count). The zero-order chi connectivity index (χ0) is 26.9. The molecule has 0 atom stereocenters. The average Bonchev–Trinajstić information content (AvgIpc) is 3.20. The van der Waals surface area contributed by atoms with Crippen LogP contribution in [0.5, 0.6) is 0 Å². The molecule has 0 saturated carbocycles. The monoisotopic (exact) mass is 559 g/mol. The molecule has 0 unspecified atom stereocenters. The van der Waals surface area contributed by atoms with Crippen LogP contribution in [-0.4, -0.2) is 38.6 Å². The Kier molecular flexibility index (Phi) is 7.43. The number of benzene rings is 1. The lowest BCUT2D eigenvalue weighted by Gasteiger charge is -2.27. The maximum Gasteiger partial charge on any atom is 0.417 e. The molecule has 4 aromatic rings. The van der Waals surface area contributed by atoms with E-state index >= 15 is 0 Å². The number of fused-ring (bicyclic) bond motifs is 3. The molecule has 6 nitrogen and oxygen atoms in total.